The minimum Gasteiger partial charge on any atom is -0.382 e. The molecule has 0 aliphatic carbocycles. The molecule has 4 N–H and O–H groups in total. The molecule has 102 valence electrons. The third-order valence-electron chi connectivity index (χ3n) is 2.83. The summed E-state index contributed by atoms with van der Waals surface area (Å²) in [5, 5.41) is 9.44. The van der Waals surface area contributed by atoms with Gasteiger partial charge in [0.1, 0.15) is 5.56 Å². The Morgan fingerprint density at radius 3 is 2.67 bits per heavy atom. The van der Waals surface area contributed by atoms with Crippen molar-refractivity contribution >= 4 is 11.7 Å². The summed E-state index contributed by atoms with van der Waals surface area (Å²) in [6.07, 6.45) is 0. The third kappa shape index (κ3) is 3.46. The summed E-state index contributed by atoms with van der Waals surface area (Å²) in [6, 6.07) is -0.0360. The van der Waals surface area contributed by atoms with Crippen LogP contribution in [0.5, 0.6) is 0 Å². The van der Waals surface area contributed by atoms with Crippen LogP contribution < -0.4 is 11.1 Å². The Hall–Kier alpha value is -1.56. The minimum atomic E-state index is -0.211. The molecule has 6 nitrogen and oxygen atoms in total. The molecule has 0 fully saturated rings. The highest BCUT2D eigenvalue weighted by Crippen LogP contribution is 2.13. The van der Waals surface area contributed by atoms with E-state index in [1.165, 1.54) is 0 Å². The molecule has 1 heterocycles. The molecule has 0 radical (unpaired) electrons. The maximum Gasteiger partial charge on any atom is 0.257 e. The number of nitrogen functional groups attached to an aromatic ring is 1. The number of amides is 1. The Balaban J connectivity index is 2.72. The lowest BCUT2D eigenvalue weighted by Gasteiger charge is -2.22. The summed E-state index contributed by atoms with van der Waals surface area (Å²) in [4.78, 5) is 12.1. The first-order valence-electron chi connectivity index (χ1n) is 6.16. The molecule has 0 saturated carbocycles. The van der Waals surface area contributed by atoms with E-state index in [4.69, 9.17) is 10.5 Å². The average Bonchev–Trinajstić information content (AvgIpc) is 2.63. The van der Waals surface area contributed by atoms with Crippen LogP contribution in [0.4, 0.5) is 5.82 Å². The van der Waals surface area contributed by atoms with Crippen LogP contribution in [-0.2, 0) is 4.74 Å². The van der Waals surface area contributed by atoms with E-state index < -0.39 is 0 Å². The second kappa shape index (κ2) is 6.39. The van der Waals surface area contributed by atoms with E-state index in [1.54, 1.807) is 6.92 Å². The normalized spacial score (nSPS) is 12.7. The van der Waals surface area contributed by atoms with Crippen LogP contribution in [0.3, 0.4) is 0 Å². The van der Waals surface area contributed by atoms with Gasteiger partial charge in [0.05, 0.1) is 12.6 Å². The van der Waals surface area contributed by atoms with Gasteiger partial charge in [-0.15, -0.1) is 0 Å². The second-order valence-corrected chi connectivity index (χ2v) is 4.59. The van der Waals surface area contributed by atoms with Crippen molar-refractivity contribution < 1.29 is 9.53 Å². The van der Waals surface area contributed by atoms with Crippen LogP contribution >= 0.6 is 0 Å². The van der Waals surface area contributed by atoms with Crippen LogP contribution in [0.2, 0.25) is 0 Å². The third-order valence-corrected chi connectivity index (χ3v) is 2.83. The van der Waals surface area contributed by atoms with Crippen molar-refractivity contribution in [2.24, 2.45) is 5.92 Å². The molecule has 18 heavy (non-hydrogen) atoms. The molecule has 1 atom stereocenters. The number of carbonyl (C=O) groups is 1. The highest BCUT2D eigenvalue weighted by Gasteiger charge is 2.21. The molecular formula is C12H22N4O2. The van der Waals surface area contributed by atoms with Gasteiger partial charge in [0.25, 0.3) is 5.91 Å². The Labute approximate surface area is 107 Å². The van der Waals surface area contributed by atoms with Crippen molar-refractivity contribution in [1.29, 1.82) is 0 Å². The van der Waals surface area contributed by atoms with Gasteiger partial charge in [-0.25, -0.2) is 0 Å². The molecule has 1 amide bonds. The molecule has 0 bridgehead atoms. The molecule has 1 rings (SSSR count). The van der Waals surface area contributed by atoms with Gasteiger partial charge in [0.15, 0.2) is 5.82 Å². The first-order valence-corrected chi connectivity index (χ1v) is 6.16. The van der Waals surface area contributed by atoms with Crippen LogP contribution in [0, 0.1) is 12.8 Å². The number of nitrogens with zero attached hydrogens (tertiary/aromatic N) is 1. The first kappa shape index (κ1) is 14.5. The van der Waals surface area contributed by atoms with E-state index in [9.17, 15) is 4.79 Å². The summed E-state index contributed by atoms with van der Waals surface area (Å²) in [5.41, 5.74) is 6.74. The Morgan fingerprint density at radius 2 is 2.22 bits per heavy atom. The fourth-order valence-electron chi connectivity index (χ4n) is 1.62. The Morgan fingerprint density at radius 1 is 1.56 bits per heavy atom. The zero-order valence-corrected chi connectivity index (χ0v) is 11.4. The monoisotopic (exact) mass is 254 g/mol. The van der Waals surface area contributed by atoms with Gasteiger partial charge in [-0.05, 0) is 19.8 Å². The largest absolute Gasteiger partial charge is 0.382 e. The SMILES string of the molecule is CCOCC(NC(=O)c1c(N)n[nH]c1C)C(C)C. The molecule has 0 aliphatic heterocycles. The number of aryl methyl sites for hydroxylation is 1. The number of aromatic amines is 1. The van der Waals surface area contributed by atoms with Crippen molar-refractivity contribution in [1.82, 2.24) is 15.5 Å². The molecule has 1 aromatic heterocycles. The molecule has 1 aromatic rings. The number of anilines is 1. The quantitative estimate of drug-likeness (QED) is 0.708. The molecule has 0 spiro atoms. The maximum atomic E-state index is 12.1. The van der Waals surface area contributed by atoms with Gasteiger partial charge in [0.2, 0.25) is 0 Å². The molecular weight excluding hydrogens is 232 g/mol. The summed E-state index contributed by atoms with van der Waals surface area (Å²) in [7, 11) is 0. The van der Waals surface area contributed by atoms with Gasteiger partial charge in [0, 0.05) is 12.3 Å². The van der Waals surface area contributed by atoms with Crippen molar-refractivity contribution in [2.45, 2.75) is 33.7 Å². The second-order valence-electron chi connectivity index (χ2n) is 4.59. The summed E-state index contributed by atoms with van der Waals surface area (Å²) in [5.74, 6) is 0.301. The van der Waals surface area contributed by atoms with Gasteiger partial charge in [-0.3, -0.25) is 9.89 Å². The number of hydrogen-bond donors (Lipinski definition) is 3. The number of hydrogen-bond acceptors (Lipinski definition) is 4. The van der Waals surface area contributed by atoms with Crippen LogP contribution in [0.1, 0.15) is 36.8 Å². The smallest absolute Gasteiger partial charge is 0.257 e. The number of nitrogens with one attached hydrogen (secondary N) is 2. The summed E-state index contributed by atoms with van der Waals surface area (Å²) >= 11 is 0. The molecule has 0 aliphatic rings. The fourth-order valence-corrected chi connectivity index (χ4v) is 1.62. The topological polar surface area (TPSA) is 93.0 Å². The summed E-state index contributed by atoms with van der Waals surface area (Å²) in [6.45, 7) is 8.90. The van der Waals surface area contributed by atoms with Crippen molar-refractivity contribution in [3.05, 3.63) is 11.3 Å². The minimum absolute atomic E-state index is 0.0360. The zero-order chi connectivity index (χ0) is 13.7. The highest BCUT2D eigenvalue weighted by atomic mass is 16.5. The van der Waals surface area contributed by atoms with E-state index in [0.717, 1.165) is 0 Å². The standard InChI is InChI=1S/C12H22N4O2/c1-5-18-6-9(7(2)3)14-12(17)10-8(4)15-16-11(10)13/h7,9H,5-6H2,1-4H3,(H,14,17)(H3,13,15,16). The van der Waals surface area contributed by atoms with Crippen LogP contribution in [0.15, 0.2) is 0 Å². The number of carbonyl (C=O) groups excluding carboxylic acids is 1. The van der Waals surface area contributed by atoms with E-state index in [1.807, 2.05) is 20.8 Å². The predicted molar refractivity (Wildman–Crippen MR) is 70.3 cm³/mol. The molecule has 1 unspecified atom stereocenters. The lowest BCUT2D eigenvalue weighted by molar-refractivity contribution is 0.0806. The Kier molecular flexibility index (Phi) is 5.15. The maximum absolute atomic E-state index is 12.1. The van der Waals surface area contributed by atoms with Gasteiger partial charge < -0.3 is 15.8 Å². The van der Waals surface area contributed by atoms with Crippen molar-refractivity contribution in [3.8, 4) is 0 Å². The summed E-state index contributed by atoms with van der Waals surface area (Å²) < 4.78 is 5.37. The molecule has 0 aromatic carbocycles. The van der Waals surface area contributed by atoms with Crippen molar-refractivity contribution in [2.75, 3.05) is 18.9 Å². The van der Waals surface area contributed by atoms with Gasteiger partial charge >= 0.3 is 0 Å². The van der Waals surface area contributed by atoms with Crippen LogP contribution in [0.25, 0.3) is 0 Å². The number of rotatable bonds is 6. The first-order chi connectivity index (χ1) is 8.47. The Bertz CT molecular complexity index is 381. The van der Waals surface area contributed by atoms with Crippen molar-refractivity contribution in [3.63, 3.8) is 0 Å². The number of ether oxygens (including phenoxy) is 1. The predicted octanol–water partition coefficient (Wildman–Crippen LogP) is 1.09. The fraction of sp³-hybridized carbons (Fsp3) is 0.667. The number of aromatic nitrogens is 2. The van der Waals surface area contributed by atoms with Crippen LogP contribution in [-0.4, -0.2) is 35.4 Å². The lowest BCUT2D eigenvalue weighted by atomic mass is 10.0. The molecule has 6 heteroatoms. The number of H-pyrrole nitrogens is 1. The van der Waals surface area contributed by atoms with E-state index >= 15 is 0 Å². The number of nitrogens with two attached hydrogens (primary N) is 1. The van der Waals surface area contributed by atoms with Gasteiger partial charge in [-0.2, -0.15) is 5.10 Å². The van der Waals surface area contributed by atoms with Gasteiger partial charge in [-0.1, -0.05) is 13.8 Å². The van der Waals surface area contributed by atoms with E-state index in [2.05, 4.69) is 15.5 Å². The highest BCUT2D eigenvalue weighted by molar-refractivity contribution is 5.99. The average molecular weight is 254 g/mol. The van der Waals surface area contributed by atoms with E-state index in [-0.39, 0.29) is 23.7 Å². The lowest BCUT2D eigenvalue weighted by Crippen LogP contribution is -2.42. The zero-order valence-electron chi connectivity index (χ0n) is 11.4. The molecule has 0 saturated heterocycles. The van der Waals surface area contributed by atoms with E-state index in [0.29, 0.717) is 24.5 Å².